The van der Waals surface area contributed by atoms with E-state index in [1.807, 2.05) is 42.5 Å². The van der Waals surface area contributed by atoms with Gasteiger partial charge in [-0.3, -0.25) is 0 Å². The molecule has 0 aliphatic carbocycles. The first-order valence-electron chi connectivity index (χ1n) is 16.5. The van der Waals surface area contributed by atoms with Crippen molar-refractivity contribution in [2.75, 3.05) is 0 Å². The van der Waals surface area contributed by atoms with Crippen molar-refractivity contribution in [2.24, 2.45) is 0 Å². The Morgan fingerprint density at radius 1 is 0.360 bits per heavy atom. The summed E-state index contributed by atoms with van der Waals surface area (Å²) >= 11 is 3.56. The van der Waals surface area contributed by atoms with Gasteiger partial charge >= 0.3 is 0 Å². The van der Waals surface area contributed by atoms with Crippen LogP contribution in [0.15, 0.2) is 158 Å². The van der Waals surface area contributed by atoms with Gasteiger partial charge in [-0.15, -0.1) is 22.7 Å². The summed E-state index contributed by atoms with van der Waals surface area (Å²) in [4.78, 5) is 20.1. The Balaban J connectivity index is 1.09. The maximum absolute atomic E-state index is 5.09. The van der Waals surface area contributed by atoms with Gasteiger partial charge in [-0.2, -0.15) is 0 Å². The topological polar surface area (TPSA) is 51.6 Å². The summed E-state index contributed by atoms with van der Waals surface area (Å²) < 4.78 is 3.67. The molecule has 0 N–H and O–H groups in total. The molecular formula is C44H26N4S2. The van der Waals surface area contributed by atoms with Crippen molar-refractivity contribution in [1.29, 1.82) is 0 Å². The monoisotopic (exact) mass is 674 g/mol. The number of thiazole rings is 1. The molecule has 0 amide bonds. The zero-order valence-corrected chi connectivity index (χ0v) is 28.2. The van der Waals surface area contributed by atoms with Crippen molar-refractivity contribution in [3.8, 4) is 55.9 Å². The average Bonchev–Trinajstić information content (AvgIpc) is 3.80. The number of rotatable bonds is 5. The molecule has 3 aromatic heterocycles. The summed E-state index contributed by atoms with van der Waals surface area (Å²) in [5, 5.41) is 5.85. The van der Waals surface area contributed by atoms with Crippen molar-refractivity contribution >= 4 is 63.8 Å². The van der Waals surface area contributed by atoms with Crippen LogP contribution in [0.5, 0.6) is 0 Å². The van der Waals surface area contributed by atoms with Crippen molar-refractivity contribution in [3.05, 3.63) is 158 Å². The number of nitrogens with zero attached hydrogens (tertiary/aromatic N) is 4. The van der Waals surface area contributed by atoms with Crippen LogP contribution >= 0.6 is 22.7 Å². The van der Waals surface area contributed by atoms with Crippen LogP contribution in [0.4, 0.5) is 0 Å². The first kappa shape index (κ1) is 28.9. The fraction of sp³-hybridized carbons (Fsp3) is 0. The Bertz CT molecular complexity index is 2860. The van der Waals surface area contributed by atoms with Gasteiger partial charge in [0, 0.05) is 42.4 Å². The Morgan fingerprint density at radius 3 is 1.62 bits per heavy atom. The summed E-state index contributed by atoms with van der Waals surface area (Å²) in [6.45, 7) is 0. The van der Waals surface area contributed by atoms with Gasteiger partial charge in [-0.1, -0.05) is 127 Å². The minimum Gasteiger partial charge on any atom is -0.236 e. The maximum atomic E-state index is 5.09. The maximum Gasteiger partial charge on any atom is 0.164 e. The third-order valence-corrected chi connectivity index (χ3v) is 11.4. The van der Waals surface area contributed by atoms with E-state index in [9.17, 15) is 0 Å². The van der Waals surface area contributed by atoms with Crippen molar-refractivity contribution in [2.45, 2.75) is 0 Å². The Kier molecular flexibility index (Phi) is 6.82. The normalized spacial score (nSPS) is 11.6. The van der Waals surface area contributed by atoms with Crippen LogP contribution in [0.3, 0.4) is 0 Å². The lowest BCUT2D eigenvalue weighted by atomic mass is 10.00. The summed E-state index contributed by atoms with van der Waals surface area (Å²) in [6, 6.07) is 55.0. The molecule has 10 aromatic rings. The molecule has 0 spiro atoms. The number of benzene rings is 7. The van der Waals surface area contributed by atoms with Crippen molar-refractivity contribution in [3.63, 3.8) is 0 Å². The van der Waals surface area contributed by atoms with Gasteiger partial charge in [0.05, 0.1) is 10.2 Å². The Hall–Kier alpha value is -6.08. The largest absolute Gasteiger partial charge is 0.236 e. The van der Waals surface area contributed by atoms with Crippen molar-refractivity contribution in [1.82, 2.24) is 19.9 Å². The van der Waals surface area contributed by atoms with Gasteiger partial charge in [-0.05, 0) is 52.2 Å². The van der Waals surface area contributed by atoms with Gasteiger partial charge in [0.1, 0.15) is 5.01 Å². The Labute approximate surface area is 296 Å². The minimum atomic E-state index is 0.652. The number of fused-ring (bicyclic) bond motifs is 6. The molecule has 6 heteroatoms. The third-order valence-electron chi connectivity index (χ3n) is 9.14. The predicted octanol–water partition coefficient (Wildman–Crippen LogP) is 12.3. The highest BCUT2D eigenvalue weighted by atomic mass is 32.1. The lowest BCUT2D eigenvalue weighted by Gasteiger charge is -2.10. The van der Waals surface area contributed by atoms with E-state index < -0.39 is 0 Å². The van der Waals surface area contributed by atoms with E-state index in [4.69, 9.17) is 19.9 Å². The second-order valence-electron chi connectivity index (χ2n) is 12.3. The van der Waals surface area contributed by atoms with Crippen LogP contribution in [-0.4, -0.2) is 19.9 Å². The van der Waals surface area contributed by atoms with Gasteiger partial charge in [-0.25, -0.2) is 19.9 Å². The molecule has 0 aliphatic heterocycles. The Morgan fingerprint density at radius 2 is 0.920 bits per heavy atom. The van der Waals surface area contributed by atoms with Gasteiger partial charge in [0.2, 0.25) is 0 Å². The van der Waals surface area contributed by atoms with E-state index in [1.165, 1.54) is 41.4 Å². The fourth-order valence-corrected chi connectivity index (χ4v) is 8.98. The summed E-state index contributed by atoms with van der Waals surface area (Å²) in [6.07, 6.45) is 0. The van der Waals surface area contributed by atoms with E-state index in [2.05, 4.69) is 115 Å². The van der Waals surface area contributed by atoms with E-state index in [1.54, 1.807) is 22.7 Å². The summed E-state index contributed by atoms with van der Waals surface area (Å²) in [5.41, 5.74) is 7.45. The molecule has 0 saturated heterocycles. The highest BCUT2D eigenvalue weighted by Crippen LogP contribution is 2.43. The van der Waals surface area contributed by atoms with Gasteiger partial charge < -0.3 is 0 Å². The van der Waals surface area contributed by atoms with Crippen molar-refractivity contribution < 1.29 is 0 Å². The third kappa shape index (κ3) is 5.05. The van der Waals surface area contributed by atoms with Crippen LogP contribution in [0.25, 0.3) is 97.0 Å². The molecule has 234 valence electrons. The molecule has 0 aliphatic rings. The minimum absolute atomic E-state index is 0.652. The zero-order valence-electron chi connectivity index (χ0n) is 26.6. The molecule has 0 fully saturated rings. The SMILES string of the molecule is c1ccc(-c2ccc3cc(-c4nc(-c5ccccc5)nc(-c5ccc6c(c5)sc5ccc7nc(-c8ccccc8)sc7c56)n4)ccc3c2)cc1. The zero-order chi connectivity index (χ0) is 33.0. The smallest absolute Gasteiger partial charge is 0.164 e. The molecule has 4 nitrogen and oxygen atoms in total. The van der Waals surface area contributed by atoms with E-state index in [0.29, 0.717) is 17.5 Å². The molecule has 0 bridgehead atoms. The lowest BCUT2D eigenvalue weighted by Crippen LogP contribution is -2.00. The van der Waals surface area contributed by atoms with Crippen LogP contribution in [-0.2, 0) is 0 Å². The highest BCUT2D eigenvalue weighted by molar-refractivity contribution is 7.28. The molecule has 0 atom stereocenters. The fourth-order valence-electron chi connectivity index (χ4n) is 6.63. The average molecular weight is 675 g/mol. The molecular weight excluding hydrogens is 649 g/mol. The number of aromatic nitrogens is 4. The quantitative estimate of drug-likeness (QED) is 0.182. The lowest BCUT2D eigenvalue weighted by molar-refractivity contribution is 1.08. The molecule has 0 radical (unpaired) electrons. The summed E-state index contributed by atoms with van der Waals surface area (Å²) in [7, 11) is 0. The van der Waals surface area contributed by atoms with Gasteiger partial charge in [0.25, 0.3) is 0 Å². The van der Waals surface area contributed by atoms with Crippen LogP contribution in [0.1, 0.15) is 0 Å². The van der Waals surface area contributed by atoms with Crippen LogP contribution < -0.4 is 0 Å². The van der Waals surface area contributed by atoms with Gasteiger partial charge in [0.15, 0.2) is 17.5 Å². The highest BCUT2D eigenvalue weighted by Gasteiger charge is 2.17. The molecule has 3 heterocycles. The predicted molar refractivity (Wildman–Crippen MR) is 211 cm³/mol. The second kappa shape index (κ2) is 11.8. The van der Waals surface area contributed by atoms with E-state index >= 15 is 0 Å². The van der Waals surface area contributed by atoms with E-state index in [0.717, 1.165) is 38.2 Å². The van der Waals surface area contributed by atoms with Crippen LogP contribution in [0, 0.1) is 0 Å². The number of hydrogen-bond acceptors (Lipinski definition) is 6. The first-order chi connectivity index (χ1) is 24.7. The van der Waals surface area contributed by atoms with E-state index in [-0.39, 0.29) is 0 Å². The number of thiophene rings is 1. The second-order valence-corrected chi connectivity index (χ2v) is 14.4. The molecule has 7 aromatic carbocycles. The molecule has 0 unspecified atom stereocenters. The summed E-state index contributed by atoms with van der Waals surface area (Å²) in [5.74, 6) is 1.96. The molecule has 0 saturated carbocycles. The standard InChI is InChI=1S/C44H26N4S2/c1-4-10-27(11-5-1)30-16-17-32-25-33(19-18-31(32)24-30)42-46-41(28-12-6-2-7-13-28)47-43(48-42)34-20-21-35-38(26-34)49-37-23-22-36-40(39(35)37)50-44(45-36)29-14-8-3-9-15-29/h1-26H. The number of hydrogen-bond donors (Lipinski definition) is 0. The first-order valence-corrected chi connectivity index (χ1v) is 18.1. The molecule has 50 heavy (non-hydrogen) atoms. The molecule has 10 rings (SSSR count). The van der Waals surface area contributed by atoms with Crippen LogP contribution in [0.2, 0.25) is 0 Å².